The van der Waals surface area contributed by atoms with Gasteiger partial charge >= 0.3 is 0 Å². The van der Waals surface area contributed by atoms with Crippen LogP contribution in [0, 0.1) is 0 Å². The number of ether oxygens (including phenoxy) is 1. The zero-order valence-electron chi connectivity index (χ0n) is 8.07. The van der Waals surface area contributed by atoms with Crippen molar-refractivity contribution in [1.82, 2.24) is 0 Å². The molecule has 2 N–H and O–H groups in total. The van der Waals surface area contributed by atoms with Crippen LogP contribution < -0.4 is 15.9 Å². The number of morpholine rings is 1. The molecule has 0 spiro atoms. The number of nitrogens with two attached hydrogens (primary N) is 1. The SMILES string of the molecule is Nc1ccc(N2CCOCC2)c(P)c1. The van der Waals surface area contributed by atoms with Gasteiger partial charge in [0.25, 0.3) is 0 Å². The standard InChI is InChI=1S/C10H15N2OP/c11-8-1-2-9(10(14)7-8)12-3-5-13-6-4-12/h1-2,7H,3-6,11,14H2. The van der Waals surface area contributed by atoms with Crippen LogP contribution in [0.4, 0.5) is 11.4 Å². The lowest BCUT2D eigenvalue weighted by Gasteiger charge is -2.30. The molecule has 1 aliphatic heterocycles. The van der Waals surface area contributed by atoms with Crippen molar-refractivity contribution in [3.05, 3.63) is 18.2 Å². The summed E-state index contributed by atoms with van der Waals surface area (Å²) in [5, 5.41) is 1.16. The quantitative estimate of drug-likeness (QED) is 0.545. The monoisotopic (exact) mass is 210 g/mol. The van der Waals surface area contributed by atoms with E-state index in [0.29, 0.717) is 0 Å². The van der Waals surface area contributed by atoms with Gasteiger partial charge in [0.15, 0.2) is 0 Å². The van der Waals surface area contributed by atoms with Gasteiger partial charge in [0.2, 0.25) is 0 Å². The lowest BCUT2D eigenvalue weighted by atomic mass is 10.2. The lowest BCUT2D eigenvalue weighted by molar-refractivity contribution is 0.123. The number of benzene rings is 1. The zero-order valence-corrected chi connectivity index (χ0v) is 9.23. The highest BCUT2D eigenvalue weighted by Gasteiger charge is 2.12. The molecule has 3 nitrogen and oxygen atoms in total. The highest BCUT2D eigenvalue weighted by Crippen LogP contribution is 2.17. The molecule has 1 aromatic carbocycles. The number of nitrogens with zero attached hydrogens (tertiary/aromatic N) is 1. The minimum Gasteiger partial charge on any atom is -0.399 e. The molecule has 1 fully saturated rings. The Bertz CT molecular complexity index is 324. The van der Waals surface area contributed by atoms with Crippen molar-refractivity contribution in [3.63, 3.8) is 0 Å². The zero-order chi connectivity index (χ0) is 9.97. The fraction of sp³-hybridized carbons (Fsp3) is 0.400. The fourth-order valence-electron chi connectivity index (χ4n) is 1.67. The van der Waals surface area contributed by atoms with Gasteiger partial charge < -0.3 is 15.4 Å². The maximum Gasteiger partial charge on any atom is 0.0642 e. The fourth-order valence-corrected chi connectivity index (χ4v) is 2.14. The Morgan fingerprint density at radius 1 is 1.29 bits per heavy atom. The first-order chi connectivity index (χ1) is 6.77. The van der Waals surface area contributed by atoms with Crippen molar-refractivity contribution >= 4 is 25.9 Å². The third kappa shape index (κ3) is 1.99. The van der Waals surface area contributed by atoms with E-state index in [-0.39, 0.29) is 0 Å². The molecule has 0 radical (unpaired) electrons. The number of anilines is 2. The highest BCUT2D eigenvalue weighted by atomic mass is 31.0. The Morgan fingerprint density at radius 3 is 2.64 bits per heavy atom. The van der Waals surface area contributed by atoms with Crippen LogP contribution in [-0.2, 0) is 4.74 Å². The average molecular weight is 210 g/mol. The molecule has 1 heterocycles. The second-order valence-corrected chi connectivity index (χ2v) is 4.04. The van der Waals surface area contributed by atoms with Gasteiger partial charge in [-0.1, -0.05) is 0 Å². The Balaban J connectivity index is 2.22. The maximum absolute atomic E-state index is 5.70. The van der Waals surface area contributed by atoms with Crippen LogP contribution in [0.25, 0.3) is 0 Å². The van der Waals surface area contributed by atoms with Crippen molar-refractivity contribution in [3.8, 4) is 0 Å². The van der Waals surface area contributed by atoms with E-state index in [1.807, 2.05) is 12.1 Å². The third-order valence-electron chi connectivity index (χ3n) is 2.40. The number of rotatable bonds is 1. The Labute approximate surface area is 86.4 Å². The van der Waals surface area contributed by atoms with Crippen LogP contribution in [0.3, 0.4) is 0 Å². The predicted molar refractivity (Wildman–Crippen MR) is 63.2 cm³/mol. The van der Waals surface area contributed by atoms with Crippen molar-refractivity contribution < 1.29 is 4.74 Å². The normalized spacial score (nSPS) is 17.1. The summed E-state index contributed by atoms with van der Waals surface area (Å²) in [4.78, 5) is 2.32. The number of hydrogen-bond donors (Lipinski definition) is 1. The molecule has 14 heavy (non-hydrogen) atoms. The van der Waals surface area contributed by atoms with Gasteiger partial charge in [0, 0.05) is 24.5 Å². The third-order valence-corrected chi connectivity index (χ3v) is 2.87. The van der Waals surface area contributed by atoms with Gasteiger partial charge in [-0.2, -0.15) is 0 Å². The van der Waals surface area contributed by atoms with Gasteiger partial charge in [0.1, 0.15) is 0 Å². The molecule has 1 saturated heterocycles. The van der Waals surface area contributed by atoms with Crippen LogP contribution >= 0.6 is 9.24 Å². The first-order valence-corrected chi connectivity index (χ1v) is 5.33. The van der Waals surface area contributed by atoms with Crippen LogP contribution in [0.5, 0.6) is 0 Å². The van der Waals surface area contributed by atoms with E-state index in [9.17, 15) is 0 Å². The first-order valence-electron chi connectivity index (χ1n) is 4.75. The van der Waals surface area contributed by atoms with Gasteiger partial charge in [-0.15, -0.1) is 9.24 Å². The molecule has 0 aliphatic carbocycles. The average Bonchev–Trinajstić information content (AvgIpc) is 2.19. The summed E-state index contributed by atoms with van der Waals surface area (Å²) in [5.41, 5.74) is 7.76. The number of nitrogen functional groups attached to an aromatic ring is 1. The molecule has 1 atom stereocenters. The summed E-state index contributed by atoms with van der Waals surface area (Å²) >= 11 is 0. The Morgan fingerprint density at radius 2 is 2.00 bits per heavy atom. The Kier molecular flexibility index (Phi) is 2.90. The smallest absolute Gasteiger partial charge is 0.0642 e. The minimum atomic E-state index is 0.812. The molecular weight excluding hydrogens is 195 g/mol. The first kappa shape index (κ1) is 9.75. The largest absolute Gasteiger partial charge is 0.399 e. The summed E-state index contributed by atoms with van der Waals surface area (Å²) in [6.45, 7) is 3.56. The molecule has 1 aromatic rings. The molecule has 1 aliphatic rings. The summed E-state index contributed by atoms with van der Waals surface area (Å²) in [7, 11) is 2.73. The highest BCUT2D eigenvalue weighted by molar-refractivity contribution is 7.28. The molecule has 76 valence electrons. The molecule has 0 aromatic heterocycles. The van der Waals surface area contributed by atoms with E-state index in [0.717, 1.165) is 37.3 Å². The van der Waals surface area contributed by atoms with Crippen LogP contribution in [-0.4, -0.2) is 26.3 Å². The van der Waals surface area contributed by atoms with E-state index in [2.05, 4.69) is 20.2 Å². The van der Waals surface area contributed by atoms with Gasteiger partial charge in [0.05, 0.1) is 13.2 Å². The van der Waals surface area contributed by atoms with Crippen molar-refractivity contribution in [1.29, 1.82) is 0 Å². The Hall–Kier alpha value is -0.790. The van der Waals surface area contributed by atoms with Crippen LogP contribution in [0.15, 0.2) is 18.2 Å². The van der Waals surface area contributed by atoms with E-state index in [1.165, 1.54) is 5.69 Å². The molecular formula is C10H15N2OP. The molecule has 1 unspecified atom stereocenters. The molecule has 4 heteroatoms. The summed E-state index contributed by atoms with van der Waals surface area (Å²) in [5.74, 6) is 0. The second-order valence-electron chi connectivity index (χ2n) is 3.42. The lowest BCUT2D eigenvalue weighted by Crippen LogP contribution is -2.37. The molecule has 0 amide bonds. The van der Waals surface area contributed by atoms with Crippen molar-refractivity contribution in [2.45, 2.75) is 0 Å². The molecule has 2 rings (SSSR count). The van der Waals surface area contributed by atoms with Crippen LogP contribution in [0.1, 0.15) is 0 Å². The predicted octanol–water partition coefficient (Wildman–Crippen LogP) is 0.606. The van der Waals surface area contributed by atoms with Crippen molar-refractivity contribution in [2.75, 3.05) is 36.9 Å². The van der Waals surface area contributed by atoms with Gasteiger partial charge in [-0.3, -0.25) is 0 Å². The second kappa shape index (κ2) is 4.16. The minimum absolute atomic E-state index is 0.812. The van der Waals surface area contributed by atoms with Gasteiger partial charge in [-0.25, -0.2) is 0 Å². The topological polar surface area (TPSA) is 38.5 Å². The van der Waals surface area contributed by atoms with E-state index < -0.39 is 0 Å². The van der Waals surface area contributed by atoms with E-state index in [1.54, 1.807) is 0 Å². The van der Waals surface area contributed by atoms with Crippen LogP contribution in [0.2, 0.25) is 0 Å². The van der Waals surface area contributed by atoms with Crippen molar-refractivity contribution in [2.24, 2.45) is 0 Å². The number of hydrogen-bond acceptors (Lipinski definition) is 3. The molecule has 0 bridgehead atoms. The summed E-state index contributed by atoms with van der Waals surface area (Å²) in [6, 6.07) is 6.00. The van der Waals surface area contributed by atoms with Gasteiger partial charge in [-0.05, 0) is 23.5 Å². The van der Waals surface area contributed by atoms with E-state index >= 15 is 0 Å². The molecule has 0 saturated carbocycles. The maximum atomic E-state index is 5.70. The summed E-state index contributed by atoms with van der Waals surface area (Å²) < 4.78 is 5.31. The summed E-state index contributed by atoms with van der Waals surface area (Å²) in [6.07, 6.45) is 0. The van der Waals surface area contributed by atoms with E-state index in [4.69, 9.17) is 10.5 Å².